The van der Waals surface area contributed by atoms with Crippen LogP contribution in [0.4, 0.5) is 5.69 Å². The van der Waals surface area contributed by atoms with Crippen molar-refractivity contribution in [3.05, 3.63) is 38.6 Å². The monoisotopic (exact) mass is 324 g/mol. The number of esters is 1. The van der Waals surface area contributed by atoms with E-state index >= 15 is 0 Å². The van der Waals surface area contributed by atoms with Gasteiger partial charge >= 0.3 is 5.97 Å². The maximum absolute atomic E-state index is 12.3. The first-order valence-electron chi connectivity index (χ1n) is 7.19. The summed E-state index contributed by atoms with van der Waals surface area (Å²) in [6, 6.07) is 5.90. The highest BCUT2D eigenvalue weighted by Gasteiger charge is 2.35. The number of allylic oxidation sites excluding steroid dienone is 1. The highest BCUT2D eigenvalue weighted by atomic mass is 32.1. The molecule has 0 radical (unpaired) electrons. The summed E-state index contributed by atoms with van der Waals surface area (Å²) in [6.07, 6.45) is 0. The number of nitrogens with zero attached hydrogens (tertiary/aromatic N) is 1. The van der Waals surface area contributed by atoms with Gasteiger partial charge < -0.3 is 10.5 Å². The Labute approximate surface area is 138 Å². The van der Waals surface area contributed by atoms with E-state index in [9.17, 15) is 10.1 Å². The Hall–Kier alpha value is -2.58. The number of nitrogens with two attached hydrogens (primary N) is 1. The molecule has 0 fully saturated rings. The predicted octanol–water partition coefficient (Wildman–Crippen LogP) is 4.20. The number of nitrogen functional groups attached to an aromatic ring is 1. The molecule has 1 aromatic heterocycles. The molecular formula is C18H16N2O2S. The van der Waals surface area contributed by atoms with E-state index in [1.54, 1.807) is 17.4 Å². The second-order valence-electron chi connectivity index (χ2n) is 5.80. The zero-order valence-electron chi connectivity index (χ0n) is 13.4. The summed E-state index contributed by atoms with van der Waals surface area (Å²) >= 11 is 1.69. The Kier molecular flexibility index (Phi) is 3.50. The molecule has 0 bridgehead atoms. The number of rotatable bonds is 1. The van der Waals surface area contributed by atoms with Crippen molar-refractivity contribution in [2.45, 2.75) is 27.7 Å². The van der Waals surface area contributed by atoms with E-state index in [0.29, 0.717) is 16.8 Å². The molecular weight excluding hydrogens is 308 g/mol. The third kappa shape index (κ3) is 2.23. The quantitative estimate of drug-likeness (QED) is 0.369. The van der Waals surface area contributed by atoms with Gasteiger partial charge in [-0.15, -0.1) is 11.3 Å². The molecule has 0 amide bonds. The average molecular weight is 324 g/mol. The van der Waals surface area contributed by atoms with Crippen LogP contribution in [0.1, 0.15) is 34.7 Å². The zero-order valence-corrected chi connectivity index (χ0v) is 14.2. The van der Waals surface area contributed by atoms with Crippen LogP contribution in [0, 0.1) is 25.2 Å². The van der Waals surface area contributed by atoms with E-state index in [-0.39, 0.29) is 11.3 Å². The molecule has 2 N–H and O–H groups in total. The Morgan fingerprint density at radius 3 is 2.48 bits per heavy atom. The smallest absolute Gasteiger partial charge is 0.344 e. The summed E-state index contributed by atoms with van der Waals surface area (Å²) < 4.78 is 5.40. The molecule has 4 nitrogen and oxygen atoms in total. The van der Waals surface area contributed by atoms with Crippen LogP contribution in [-0.2, 0) is 4.79 Å². The molecule has 116 valence electrons. The van der Waals surface area contributed by atoms with Gasteiger partial charge in [-0.1, -0.05) is 5.57 Å². The maximum Gasteiger partial charge on any atom is 0.344 e. The first kappa shape index (κ1) is 15.3. The van der Waals surface area contributed by atoms with E-state index in [4.69, 9.17) is 10.5 Å². The van der Waals surface area contributed by atoms with Crippen molar-refractivity contribution < 1.29 is 9.53 Å². The van der Waals surface area contributed by atoms with Gasteiger partial charge in [0.05, 0.1) is 11.3 Å². The molecule has 0 saturated heterocycles. The largest absolute Gasteiger partial charge is 0.421 e. The van der Waals surface area contributed by atoms with Gasteiger partial charge in [0.15, 0.2) is 5.75 Å². The van der Waals surface area contributed by atoms with Crippen LogP contribution in [0.2, 0.25) is 0 Å². The molecule has 23 heavy (non-hydrogen) atoms. The molecule has 0 aliphatic carbocycles. The molecule has 3 rings (SSSR count). The number of carbonyl (C=O) groups is 1. The fourth-order valence-corrected chi connectivity index (χ4v) is 3.89. The van der Waals surface area contributed by atoms with Crippen LogP contribution in [-0.4, -0.2) is 5.97 Å². The van der Waals surface area contributed by atoms with Gasteiger partial charge in [-0.05, 0) is 51.0 Å². The molecule has 0 atom stereocenters. The Balaban J connectivity index is 2.45. The standard InChI is InChI=1S/C18H16N2O2S/c1-8(2)15-16-12(11-5-9(3)23-10(11)4)6-14(20)13(7-19)17(16)22-18(15)21/h5-6H,20H2,1-4H3. The van der Waals surface area contributed by atoms with Crippen molar-refractivity contribution in [2.75, 3.05) is 5.73 Å². The van der Waals surface area contributed by atoms with Crippen LogP contribution >= 0.6 is 11.3 Å². The summed E-state index contributed by atoms with van der Waals surface area (Å²) in [5.74, 6) is -0.139. The van der Waals surface area contributed by atoms with Crippen LogP contribution in [0.25, 0.3) is 16.7 Å². The van der Waals surface area contributed by atoms with Crippen LogP contribution in [0.3, 0.4) is 0 Å². The van der Waals surface area contributed by atoms with Crippen molar-refractivity contribution >= 4 is 28.6 Å². The molecule has 1 aliphatic heterocycles. The van der Waals surface area contributed by atoms with E-state index in [2.05, 4.69) is 12.1 Å². The summed E-state index contributed by atoms with van der Waals surface area (Å²) in [6.45, 7) is 7.80. The highest BCUT2D eigenvalue weighted by molar-refractivity contribution is 7.12. The number of carbonyl (C=O) groups excluding carboxylic acids is 1. The summed E-state index contributed by atoms with van der Waals surface area (Å²) in [5, 5.41) is 9.38. The lowest BCUT2D eigenvalue weighted by Crippen LogP contribution is -2.02. The van der Waals surface area contributed by atoms with Crippen LogP contribution in [0.15, 0.2) is 17.7 Å². The van der Waals surface area contributed by atoms with E-state index in [1.165, 1.54) is 4.88 Å². The summed E-state index contributed by atoms with van der Waals surface area (Å²) in [4.78, 5) is 14.6. The summed E-state index contributed by atoms with van der Waals surface area (Å²) in [7, 11) is 0. The van der Waals surface area contributed by atoms with Gasteiger partial charge in [0.25, 0.3) is 0 Å². The predicted molar refractivity (Wildman–Crippen MR) is 92.3 cm³/mol. The molecule has 0 spiro atoms. The topological polar surface area (TPSA) is 76.1 Å². The number of fused-ring (bicyclic) bond motifs is 1. The maximum atomic E-state index is 12.3. The lowest BCUT2D eigenvalue weighted by atomic mass is 9.90. The second-order valence-corrected chi connectivity index (χ2v) is 7.26. The van der Waals surface area contributed by atoms with Gasteiger partial charge in [-0.3, -0.25) is 0 Å². The third-order valence-corrected chi connectivity index (χ3v) is 4.87. The fourth-order valence-electron chi connectivity index (χ4n) is 2.95. The molecule has 0 saturated carbocycles. The number of ether oxygens (including phenoxy) is 1. The van der Waals surface area contributed by atoms with Crippen molar-refractivity contribution in [3.63, 3.8) is 0 Å². The molecule has 1 aromatic carbocycles. The first-order valence-corrected chi connectivity index (χ1v) is 8.00. The van der Waals surface area contributed by atoms with Crippen molar-refractivity contribution in [3.8, 4) is 22.9 Å². The fraction of sp³-hybridized carbons (Fsp3) is 0.222. The summed E-state index contributed by atoms with van der Waals surface area (Å²) in [5.41, 5.74) is 10.5. The number of aryl methyl sites for hydroxylation is 2. The number of benzene rings is 1. The molecule has 1 aliphatic rings. The molecule has 0 unspecified atom stereocenters. The minimum Gasteiger partial charge on any atom is -0.421 e. The number of thiophene rings is 1. The number of hydrogen-bond acceptors (Lipinski definition) is 5. The molecule has 5 heteroatoms. The van der Waals surface area contributed by atoms with E-state index in [0.717, 1.165) is 21.6 Å². The lowest BCUT2D eigenvalue weighted by molar-refractivity contribution is -0.127. The van der Waals surface area contributed by atoms with Gasteiger partial charge in [0.1, 0.15) is 11.6 Å². The third-order valence-electron chi connectivity index (χ3n) is 3.90. The number of hydrogen-bond donors (Lipinski definition) is 1. The van der Waals surface area contributed by atoms with Crippen molar-refractivity contribution in [1.82, 2.24) is 0 Å². The normalized spacial score (nSPS) is 12.8. The zero-order chi connectivity index (χ0) is 16.9. The number of nitriles is 1. The Morgan fingerprint density at radius 2 is 1.96 bits per heavy atom. The van der Waals surface area contributed by atoms with Gasteiger partial charge in [-0.2, -0.15) is 5.26 Å². The Bertz CT molecular complexity index is 925. The molecule has 2 aromatic rings. The van der Waals surface area contributed by atoms with Gasteiger partial charge in [-0.25, -0.2) is 4.79 Å². The Morgan fingerprint density at radius 1 is 1.26 bits per heavy atom. The SMILES string of the molecule is CC(C)=C1C(=O)Oc2c(C#N)c(N)cc(-c3cc(C)sc3C)c21. The van der Waals surface area contributed by atoms with E-state index in [1.807, 2.05) is 27.7 Å². The number of anilines is 1. The lowest BCUT2D eigenvalue weighted by Gasteiger charge is -2.11. The van der Waals surface area contributed by atoms with Crippen molar-refractivity contribution in [2.24, 2.45) is 0 Å². The highest BCUT2D eigenvalue weighted by Crippen LogP contribution is 2.48. The molecule has 2 heterocycles. The first-order chi connectivity index (χ1) is 10.8. The minimum absolute atomic E-state index is 0.220. The average Bonchev–Trinajstić information content (AvgIpc) is 2.97. The van der Waals surface area contributed by atoms with Gasteiger partial charge in [0.2, 0.25) is 0 Å². The van der Waals surface area contributed by atoms with Crippen LogP contribution < -0.4 is 10.5 Å². The van der Waals surface area contributed by atoms with Gasteiger partial charge in [0, 0.05) is 15.3 Å². The van der Waals surface area contributed by atoms with E-state index < -0.39 is 5.97 Å². The minimum atomic E-state index is -0.423. The van der Waals surface area contributed by atoms with Crippen LogP contribution in [0.5, 0.6) is 5.75 Å². The van der Waals surface area contributed by atoms with Crippen molar-refractivity contribution in [1.29, 1.82) is 5.26 Å². The second kappa shape index (κ2) is 5.25.